The molecular weight excluding hydrogens is 383 g/mol. The van der Waals surface area contributed by atoms with E-state index in [-0.39, 0.29) is 24.0 Å². The predicted octanol–water partition coefficient (Wildman–Crippen LogP) is 0.859. The van der Waals surface area contributed by atoms with Crippen LogP contribution < -0.4 is 24.0 Å². The van der Waals surface area contributed by atoms with Crippen LogP contribution >= 0.6 is 0 Å². The van der Waals surface area contributed by atoms with Gasteiger partial charge in [-0.1, -0.05) is 36.4 Å². The number of hydrogen-bond donors (Lipinski definition) is 0. The number of quaternary nitrogens is 1. The summed E-state index contributed by atoms with van der Waals surface area (Å²) in [5.41, 5.74) is 5.44. The molecule has 0 aliphatic rings. The predicted molar refractivity (Wildman–Crippen MR) is 89.4 cm³/mol. The van der Waals surface area contributed by atoms with Gasteiger partial charge in [0.25, 0.3) is 0 Å². The quantitative estimate of drug-likeness (QED) is 0.447. The lowest BCUT2D eigenvalue weighted by Crippen LogP contribution is -3.00. The molecule has 22 heavy (non-hydrogen) atoms. The lowest BCUT2D eigenvalue weighted by molar-refractivity contribution is -0.870. The highest BCUT2D eigenvalue weighted by molar-refractivity contribution is 5.76. The van der Waals surface area contributed by atoms with E-state index in [0.29, 0.717) is 0 Å². The molecule has 116 valence electrons. The van der Waals surface area contributed by atoms with E-state index in [1.165, 1.54) is 22.2 Å². The summed E-state index contributed by atoms with van der Waals surface area (Å²) in [6, 6.07) is 17.1. The molecule has 3 rings (SSSR count). The summed E-state index contributed by atoms with van der Waals surface area (Å²) >= 11 is 0. The maximum absolute atomic E-state index is 2.26. The van der Waals surface area contributed by atoms with Crippen molar-refractivity contribution in [1.82, 2.24) is 4.40 Å². The first-order chi connectivity index (χ1) is 10.0. The summed E-state index contributed by atoms with van der Waals surface area (Å²) in [5.74, 6) is 0. The van der Waals surface area contributed by atoms with Crippen LogP contribution in [0.1, 0.15) is 5.56 Å². The van der Waals surface area contributed by atoms with E-state index < -0.39 is 0 Å². The summed E-state index contributed by atoms with van der Waals surface area (Å²) in [6.07, 6.45) is 5.49. The van der Waals surface area contributed by atoms with E-state index >= 15 is 0 Å². The fourth-order valence-electron chi connectivity index (χ4n) is 2.76. The van der Waals surface area contributed by atoms with Crippen LogP contribution in [0.3, 0.4) is 0 Å². The zero-order valence-electron chi connectivity index (χ0n) is 13.5. The summed E-state index contributed by atoms with van der Waals surface area (Å²) < 4.78 is 3.23. The average Bonchev–Trinajstić information content (AvgIpc) is 2.84. The van der Waals surface area contributed by atoms with Crippen LogP contribution in [-0.4, -0.2) is 36.6 Å². The molecule has 0 unspecified atom stereocenters. The summed E-state index contributed by atoms with van der Waals surface area (Å²) in [6.45, 7) is 1.13. The van der Waals surface area contributed by atoms with Gasteiger partial charge < -0.3 is 32.9 Å². The van der Waals surface area contributed by atoms with Crippen LogP contribution in [0.4, 0.5) is 0 Å². The van der Waals surface area contributed by atoms with Gasteiger partial charge in [-0.3, -0.25) is 0 Å². The minimum Gasteiger partial charge on any atom is -1.00 e. The molecular formula is C19H23IN2. The fraction of sp³-hybridized carbons (Fsp3) is 0.263. The van der Waals surface area contributed by atoms with Gasteiger partial charge in [-0.2, -0.15) is 0 Å². The first-order valence-electron chi connectivity index (χ1n) is 7.49. The first-order valence-corrected chi connectivity index (χ1v) is 7.49. The van der Waals surface area contributed by atoms with E-state index in [2.05, 4.69) is 86.5 Å². The summed E-state index contributed by atoms with van der Waals surface area (Å²) in [7, 11) is 6.75. The van der Waals surface area contributed by atoms with Crippen LogP contribution in [0.15, 0.2) is 60.9 Å². The van der Waals surface area contributed by atoms with Crippen molar-refractivity contribution in [3.8, 4) is 11.1 Å². The van der Waals surface area contributed by atoms with Crippen molar-refractivity contribution in [3.63, 3.8) is 0 Å². The number of benzene rings is 1. The number of nitrogens with zero attached hydrogens (tertiary/aromatic N) is 2. The number of halogens is 1. The number of aromatic nitrogens is 1. The molecule has 0 fully saturated rings. The van der Waals surface area contributed by atoms with Crippen molar-refractivity contribution < 1.29 is 28.5 Å². The van der Waals surface area contributed by atoms with Gasteiger partial charge in [0.05, 0.1) is 27.7 Å². The van der Waals surface area contributed by atoms with Gasteiger partial charge in [0.2, 0.25) is 0 Å². The van der Waals surface area contributed by atoms with E-state index in [0.717, 1.165) is 17.4 Å². The molecule has 0 aliphatic carbocycles. The van der Waals surface area contributed by atoms with Gasteiger partial charge in [0.15, 0.2) is 0 Å². The third-order valence-corrected chi connectivity index (χ3v) is 3.91. The Morgan fingerprint density at radius 3 is 2.27 bits per heavy atom. The molecule has 0 radical (unpaired) electrons. The number of fused-ring (bicyclic) bond motifs is 1. The van der Waals surface area contributed by atoms with Gasteiger partial charge in [-0.25, -0.2) is 0 Å². The average molecular weight is 406 g/mol. The Morgan fingerprint density at radius 1 is 0.909 bits per heavy atom. The molecule has 0 saturated heterocycles. The van der Waals surface area contributed by atoms with Crippen LogP contribution in [0.5, 0.6) is 0 Å². The monoisotopic (exact) mass is 406 g/mol. The second kappa shape index (κ2) is 6.84. The Balaban J connectivity index is 0.00000176. The van der Waals surface area contributed by atoms with Crippen molar-refractivity contribution >= 4 is 5.52 Å². The highest BCUT2D eigenvalue weighted by Gasteiger charge is 2.15. The molecule has 0 spiro atoms. The summed E-state index contributed by atoms with van der Waals surface area (Å²) in [5, 5.41) is 0. The molecule has 0 bridgehead atoms. The maximum Gasteiger partial charge on any atom is 0.0822 e. The third kappa shape index (κ3) is 3.70. The second-order valence-corrected chi connectivity index (χ2v) is 6.64. The minimum atomic E-state index is 0. The van der Waals surface area contributed by atoms with E-state index in [9.17, 15) is 0 Å². The molecule has 1 aromatic carbocycles. The van der Waals surface area contributed by atoms with Crippen molar-refractivity contribution in [2.75, 3.05) is 27.7 Å². The van der Waals surface area contributed by atoms with E-state index in [1.807, 2.05) is 0 Å². The van der Waals surface area contributed by atoms with Crippen molar-refractivity contribution in [3.05, 3.63) is 66.5 Å². The Kier molecular flexibility index (Phi) is 5.29. The van der Waals surface area contributed by atoms with Crippen LogP contribution in [0.25, 0.3) is 16.6 Å². The molecule has 3 heteroatoms. The highest BCUT2D eigenvalue weighted by Crippen LogP contribution is 2.29. The zero-order chi connectivity index (χ0) is 14.9. The lowest BCUT2D eigenvalue weighted by atomic mass is 10.0. The Hall–Kier alpha value is -1.33. The topological polar surface area (TPSA) is 4.41 Å². The molecule has 2 nitrogen and oxygen atoms in total. The number of likely N-dealkylation sites (N-methyl/N-ethyl adjacent to an activating group) is 1. The largest absolute Gasteiger partial charge is 1.00 e. The van der Waals surface area contributed by atoms with Crippen LogP contribution in [-0.2, 0) is 6.42 Å². The smallest absolute Gasteiger partial charge is 0.0822 e. The summed E-state index contributed by atoms with van der Waals surface area (Å²) in [4.78, 5) is 0. The zero-order valence-corrected chi connectivity index (χ0v) is 15.6. The van der Waals surface area contributed by atoms with Gasteiger partial charge in [0.1, 0.15) is 0 Å². The Bertz CT molecular complexity index is 739. The SMILES string of the molecule is C[N+](C)(C)CCc1c(-c2ccccc2)cn2ccccc12.[I-]. The normalized spacial score (nSPS) is 11.4. The molecule has 0 amide bonds. The Labute approximate surface area is 150 Å². The van der Waals surface area contributed by atoms with Crippen molar-refractivity contribution in [2.24, 2.45) is 0 Å². The van der Waals surface area contributed by atoms with Gasteiger partial charge >= 0.3 is 0 Å². The number of pyridine rings is 1. The molecule has 0 saturated carbocycles. The Morgan fingerprint density at radius 2 is 1.59 bits per heavy atom. The molecule has 0 aliphatic heterocycles. The lowest BCUT2D eigenvalue weighted by Gasteiger charge is -2.24. The fourth-order valence-corrected chi connectivity index (χ4v) is 2.76. The minimum absolute atomic E-state index is 0. The first kappa shape index (κ1) is 17.0. The molecule has 3 aromatic rings. The van der Waals surface area contributed by atoms with Gasteiger partial charge in [-0.05, 0) is 23.3 Å². The van der Waals surface area contributed by atoms with Crippen molar-refractivity contribution in [2.45, 2.75) is 6.42 Å². The van der Waals surface area contributed by atoms with E-state index in [1.54, 1.807) is 0 Å². The van der Waals surface area contributed by atoms with E-state index in [4.69, 9.17) is 0 Å². The van der Waals surface area contributed by atoms with Gasteiger partial charge in [0, 0.05) is 29.9 Å². The molecule has 2 aromatic heterocycles. The number of rotatable bonds is 4. The highest BCUT2D eigenvalue weighted by atomic mass is 127. The maximum atomic E-state index is 2.26. The standard InChI is InChI=1S/C19H23N2.HI/c1-21(2,3)14-12-17-18(16-9-5-4-6-10-16)15-20-13-8-7-11-19(17)20;/h4-11,13,15H,12,14H2,1-3H3;1H/q+1;/p-1. The number of hydrogen-bond acceptors (Lipinski definition) is 0. The molecule has 0 atom stereocenters. The van der Waals surface area contributed by atoms with Crippen molar-refractivity contribution in [1.29, 1.82) is 0 Å². The molecule has 2 heterocycles. The van der Waals surface area contributed by atoms with Crippen LogP contribution in [0.2, 0.25) is 0 Å². The van der Waals surface area contributed by atoms with Crippen LogP contribution in [0, 0.1) is 0 Å². The van der Waals surface area contributed by atoms with Gasteiger partial charge in [-0.15, -0.1) is 0 Å². The third-order valence-electron chi connectivity index (χ3n) is 3.91. The molecule has 0 N–H and O–H groups in total. The second-order valence-electron chi connectivity index (χ2n) is 6.64.